The Balaban J connectivity index is -0.00000180. The van der Waals surface area contributed by atoms with Crippen molar-refractivity contribution in [2.45, 2.75) is 77.6 Å². The van der Waals surface area contributed by atoms with Crippen molar-refractivity contribution in [1.29, 1.82) is 0 Å². The molecule has 0 aromatic carbocycles. The smallest absolute Gasteiger partial charge is 1.00 e. The van der Waals surface area contributed by atoms with Crippen molar-refractivity contribution in [3.05, 3.63) is 0 Å². The largest absolute Gasteiger partial charge is 1.00 e. The van der Waals surface area contributed by atoms with Crippen molar-refractivity contribution in [1.82, 2.24) is 5.32 Å². The third-order valence-electron chi connectivity index (χ3n) is 3.29. The van der Waals surface area contributed by atoms with Crippen LogP contribution in [0.2, 0.25) is 0 Å². The number of carbonyl (C=O) groups is 2. The maximum absolute atomic E-state index is 11.4. The van der Waals surface area contributed by atoms with E-state index < -0.39 is 5.97 Å². The van der Waals surface area contributed by atoms with Gasteiger partial charge in [-0.25, -0.2) is 0 Å². The number of carbonyl (C=O) groups excluding carboxylic acids is 2. The van der Waals surface area contributed by atoms with Gasteiger partial charge in [-0.15, -0.1) is 0 Å². The molecular weight excluding hydrogens is 277 g/mol. The first-order chi connectivity index (χ1) is 9.70. The number of unbranched alkanes of at least 4 members (excludes halogenated alkanes) is 8. The third-order valence-corrected chi connectivity index (χ3v) is 3.29. The van der Waals surface area contributed by atoms with Crippen molar-refractivity contribution in [3.8, 4) is 0 Å². The van der Waals surface area contributed by atoms with Crippen LogP contribution in [-0.4, -0.2) is 25.5 Å². The topological polar surface area (TPSA) is 55.4 Å². The van der Waals surface area contributed by atoms with E-state index in [0.29, 0.717) is 13.0 Å². The Labute approximate surface area is 153 Å². The minimum absolute atomic E-state index is 0. The molecule has 0 aliphatic rings. The van der Waals surface area contributed by atoms with E-state index >= 15 is 0 Å². The number of hydrogen-bond donors (Lipinski definition) is 1. The van der Waals surface area contributed by atoms with Crippen molar-refractivity contribution >= 4 is 11.9 Å². The maximum atomic E-state index is 11.4. The zero-order valence-electron chi connectivity index (χ0n) is 15.2. The molecule has 0 unspecified atom stereocenters. The van der Waals surface area contributed by atoms with E-state index in [1.807, 2.05) is 0 Å². The Kier molecular flexibility index (Phi) is 20.2. The fraction of sp³-hybridized carbons (Fsp3) is 0.875. The molecule has 0 rings (SSSR count). The molecule has 0 aliphatic heterocycles. The summed E-state index contributed by atoms with van der Waals surface area (Å²) >= 11 is 0. The van der Waals surface area contributed by atoms with Crippen molar-refractivity contribution in [2.75, 3.05) is 13.6 Å². The van der Waals surface area contributed by atoms with Crippen LogP contribution in [0.4, 0.5) is 0 Å². The molecule has 0 fully saturated rings. The summed E-state index contributed by atoms with van der Waals surface area (Å²) in [6.45, 7) is 2.77. The van der Waals surface area contributed by atoms with Crippen LogP contribution >= 0.6 is 0 Å². The van der Waals surface area contributed by atoms with Gasteiger partial charge in [-0.3, -0.25) is 9.59 Å². The van der Waals surface area contributed by atoms with E-state index in [4.69, 9.17) is 4.74 Å². The number of ether oxygens (including phenoxy) is 1. The van der Waals surface area contributed by atoms with Crippen molar-refractivity contribution < 1.29 is 45.3 Å². The van der Waals surface area contributed by atoms with E-state index in [2.05, 4.69) is 12.2 Å². The SMILES string of the molecule is CCCCCCCCCCCC(=O)OC(=O)CCNC.[H-].[Na+]. The molecular formula is C16H32NNaO3. The van der Waals surface area contributed by atoms with Crippen molar-refractivity contribution in [2.24, 2.45) is 0 Å². The van der Waals surface area contributed by atoms with Crippen LogP contribution in [0, 0.1) is 0 Å². The zero-order chi connectivity index (χ0) is 15.1. The van der Waals surface area contributed by atoms with Gasteiger partial charge in [0.1, 0.15) is 0 Å². The first-order valence-corrected chi connectivity index (χ1v) is 8.08. The number of nitrogens with one attached hydrogen (secondary N) is 1. The van der Waals surface area contributed by atoms with Crippen LogP contribution in [-0.2, 0) is 14.3 Å². The van der Waals surface area contributed by atoms with E-state index in [-0.39, 0.29) is 43.4 Å². The molecule has 1 N–H and O–H groups in total. The van der Waals surface area contributed by atoms with Gasteiger partial charge in [-0.1, -0.05) is 58.3 Å². The molecule has 21 heavy (non-hydrogen) atoms. The summed E-state index contributed by atoms with van der Waals surface area (Å²) in [5, 5.41) is 2.84. The molecule has 0 aromatic heterocycles. The van der Waals surface area contributed by atoms with Gasteiger partial charge in [-0.2, -0.15) is 0 Å². The van der Waals surface area contributed by atoms with E-state index in [1.54, 1.807) is 7.05 Å². The summed E-state index contributed by atoms with van der Waals surface area (Å²) in [7, 11) is 1.76. The Morgan fingerprint density at radius 2 is 1.33 bits per heavy atom. The Bertz CT molecular complexity index is 266. The minimum atomic E-state index is -0.430. The quantitative estimate of drug-likeness (QED) is 0.236. The van der Waals surface area contributed by atoms with E-state index in [9.17, 15) is 9.59 Å². The van der Waals surface area contributed by atoms with Crippen LogP contribution in [0.3, 0.4) is 0 Å². The summed E-state index contributed by atoms with van der Waals surface area (Å²) < 4.78 is 4.71. The second kappa shape index (κ2) is 18.1. The molecule has 120 valence electrons. The molecule has 0 saturated carbocycles. The van der Waals surface area contributed by atoms with E-state index in [1.165, 1.54) is 44.9 Å². The van der Waals surface area contributed by atoms with E-state index in [0.717, 1.165) is 12.8 Å². The standard InChI is InChI=1S/C16H31NO3.Na.H/c1-3-4-5-6-7-8-9-10-11-12-15(18)20-16(19)13-14-17-2;;/h17H,3-14H2,1-2H3;;/q;+1;-1. The van der Waals surface area contributed by atoms with Crippen LogP contribution in [0.25, 0.3) is 0 Å². The zero-order valence-corrected chi connectivity index (χ0v) is 16.2. The van der Waals surface area contributed by atoms with Gasteiger partial charge in [0.15, 0.2) is 0 Å². The molecule has 0 aromatic rings. The summed E-state index contributed by atoms with van der Waals surface area (Å²) in [6.07, 6.45) is 11.5. The number of rotatable bonds is 13. The third kappa shape index (κ3) is 18.1. The van der Waals surface area contributed by atoms with Gasteiger partial charge >= 0.3 is 41.5 Å². The summed E-state index contributed by atoms with van der Waals surface area (Å²) in [6, 6.07) is 0. The Hall–Kier alpha value is 0.1000. The first kappa shape index (κ1) is 23.4. The second-order valence-corrected chi connectivity index (χ2v) is 5.28. The normalized spacial score (nSPS) is 10.0. The molecule has 0 spiro atoms. The number of hydrogen-bond acceptors (Lipinski definition) is 4. The van der Waals surface area contributed by atoms with Gasteiger partial charge in [0, 0.05) is 13.0 Å². The predicted octanol–water partition coefficient (Wildman–Crippen LogP) is 0.703. The summed E-state index contributed by atoms with van der Waals surface area (Å²) in [5.74, 6) is -0.811. The molecule has 0 bridgehead atoms. The average Bonchev–Trinajstić information content (AvgIpc) is 2.43. The molecule has 0 radical (unpaired) electrons. The van der Waals surface area contributed by atoms with Gasteiger partial charge in [0.25, 0.3) is 0 Å². The summed E-state index contributed by atoms with van der Waals surface area (Å²) in [4.78, 5) is 22.5. The monoisotopic (exact) mass is 309 g/mol. The molecule has 0 heterocycles. The van der Waals surface area contributed by atoms with Crippen molar-refractivity contribution in [3.63, 3.8) is 0 Å². The molecule has 0 amide bonds. The second-order valence-electron chi connectivity index (χ2n) is 5.28. The van der Waals surface area contributed by atoms with Gasteiger partial charge < -0.3 is 11.5 Å². The molecule has 0 aliphatic carbocycles. The Morgan fingerprint density at radius 3 is 1.86 bits per heavy atom. The minimum Gasteiger partial charge on any atom is -1.00 e. The van der Waals surface area contributed by atoms with Crippen LogP contribution < -0.4 is 34.9 Å². The molecule has 0 saturated heterocycles. The van der Waals surface area contributed by atoms with Crippen LogP contribution in [0.1, 0.15) is 79.0 Å². The summed E-state index contributed by atoms with van der Waals surface area (Å²) in [5.41, 5.74) is 0. The predicted molar refractivity (Wildman–Crippen MR) is 82.6 cm³/mol. The maximum Gasteiger partial charge on any atom is 1.00 e. The van der Waals surface area contributed by atoms with Gasteiger partial charge in [0.05, 0.1) is 6.42 Å². The molecule has 0 atom stereocenters. The average molecular weight is 309 g/mol. The molecule has 5 heteroatoms. The van der Waals surface area contributed by atoms with Crippen LogP contribution in [0.5, 0.6) is 0 Å². The van der Waals surface area contributed by atoms with Gasteiger partial charge in [-0.05, 0) is 13.5 Å². The Morgan fingerprint density at radius 1 is 0.857 bits per heavy atom. The molecule has 4 nitrogen and oxygen atoms in total. The fourth-order valence-electron chi connectivity index (χ4n) is 2.04. The fourth-order valence-corrected chi connectivity index (χ4v) is 2.04. The number of esters is 2. The first-order valence-electron chi connectivity index (χ1n) is 8.08. The van der Waals surface area contributed by atoms with Crippen LogP contribution in [0.15, 0.2) is 0 Å². The van der Waals surface area contributed by atoms with Gasteiger partial charge in [0.2, 0.25) is 0 Å².